The number of nitrogens with zero attached hydrogens (tertiary/aromatic N) is 5. The van der Waals surface area contributed by atoms with Crippen LogP contribution in [-0.4, -0.2) is 68.8 Å². The Kier molecular flexibility index (Phi) is 13.1. The first-order valence-electron chi connectivity index (χ1n) is 14.6. The lowest BCUT2D eigenvalue weighted by atomic mass is 9.91. The average molecular weight is 607 g/mol. The molecule has 1 unspecified atom stereocenters. The summed E-state index contributed by atoms with van der Waals surface area (Å²) in [4.78, 5) is 54.5. The molecule has 0 radical (unpaired) electrons. The van der Waals surface area contributed by atoms with Crippen molar-refractivity contribution in [2.24, 2.45) is 0 Å². The van der Waals surface area contributed by atoms with Crippen molar-refractivity contribution in [3.63, 3.8) is 0 Å². The number of fused-ring (bicyclic) bond motifs is 1. The van der Waals surface area contributed by atoms with Crippen LogP contribution in [0.3, 0.4) is 0 Å². The largest absolute Gasteiger partial charge is 0.481 e. The number of unbranched alkanes of at least 4 members (excludes halogenated alkanes) is 1. The van der Waals surface area contributed by atoms with E-state index in [0.29, 0.717) is 29.8 Å². The number of anilines is 1. The molecule has 1 fully saturated rings. The molecule has 5 rings (SSSR count). The number of carbonyl (C=O) groups is 3. The lowest BCUT2D eigenvalue weighted by Crippen LogP contribution is -2.15. The minimum Gasteiger partial charge on any atom is -0.481 e. The number of aliphatic carboxylic acids is 1. The molecule has 44 heavy (non-hydrogen) atoms. The fourth-order valence-corrected chi connectivity index (χ4v) is 5.03. The van der Waals surface area contributed by atoms with Gasteiger partial charge in [0.25, 0.3) is 0 Å². The third kappa shape index (κ3) is 10.1. The maximum Gasteiger partial charge on any atom is 0.316 e. The summed E-state index contributed by atoms with van der Waals surface area (Å²) in [7, 11) is 2.94. The molecule has 1 aliphatic heterocycles. The Bertz CT molecular complexity index is 1380. The van der Waals surface area contributed by atoms with E-state index in [1.165, 1.54) is 56.3 Å². The number of aldehydes is 1. The summed E-state index contributed by atoms with van der Waals surface area (Å²) in [6.07, 6.45) is 14.4. The topological polar surface area (TPSA) is 166 Å². The Balaban J connectivity index is 0.000000410. The molecule has 3 aromatic rings. The van der Waals surface area contributed by atoms with Crippen molar-refractivity contribution in [3.8, 4) is 12.0 Å². The van der Waals surface area contributed by atoms with Crippen LogP contribution in [-0.2, 0) is 22.4 Å². The second-order valence-electron chi connectivity index (χ2n) is 10.7. The van der Waals surface area contributed by atoms with Gasteiger partial charge in [0.2, 0.25) is 0 Å². The lowest BCUT2D eigenvalue weighted by molar-refractivity contribution is -0.137. The summed E-state index contributed by atoms with van der Waals surface area (Å²) < 4.78 is 9.63. The van der Waals surface area contributed by atoms with Crippen LogP contribution in [0.5, 0.6) is 12.0 Å². The first-order valence-corrected chi connectivity index (χ1v) is 14.6. The SMILES string of the molecule is C.COc1ncc(C(CC(=O)O)CC(=O)CCCCc2nc3c(cc2C2CC2)CCCN3)cn1.COc1ncc(C=O)cn1. The first kappa shape index (κ1) is 34.0. The van der Waals surface area contributed by atoms with Gasteiger partial charge < -0.3 is 19.9 Å². The predicted molar refractivity (Wildman–Crippen MR) is 164 cm³/mol. The summed E-state index contributed by atoms with van der Waals surface area (Å²) in [6.45, 7) is 0.980. The summed E-state index contributed by atoms with van der Waals surface area (Å²) in [6, 6.07) is 2.85. The molecule has 4 heterocycles. The zero-order chi connectivity index (χ0) is 30.6. The number of aryl methyl sites for hydroxylation is 2. The van der Waals surface area contributed by atoms with E-state index in [0.717, 1.165) is 44.5 Å². The van der Waals surface area contributed by atoms with Gasteiger partial charge in [0.05, 0.1) is 26.2 Å². The van der Waals surface area contributed by atoms with Crippen molar-refractivity contribution >= 4 is 23.9 Å². The highest BCUT2D eigenvalue weighted by molar-refractivity contribution is 5.80. The molecule has 12 heteroatoms. The Hall–Kier alpha value is -4.48. The van der Waals surface area contributed by atoms with Gasteiger partial charge in [-0.05, 0) is 67.6 Å². The molecule has 0 saturated heterocycles. The van der Waals surface area contributed by atoms with E-state index in [1.807, 2.05) is 0 Å². The highest BCUT2D eigenvalue weighted by atomic mass is 16.5. The quantitative estimate of drug-likeness (QED) is 0.187. The fourth-order valence-electron chi connectivity index (χ4n) is 5.03. The smallest absolute Gasteiger partial charge is 0.316 e. The normalized spacial score (nSPS) is 14.0. The zero-order valence-electron chi connectivity index (χ0n) is 24.6. The van der Waals surface area contributed by atoms with E-state index in [-0.39, 0.29) is 38.1 Å². The van der Waals surface area contributed by atoms with Crippen molar-refractivity contribution in [3.05, 3.63) is 58.8 Å². The van der Waals surface area contributed by atoms with Crippen LogP contribution in [0, 0.1) is 0 Å². The summed E-state index contributed by atoms with van der Waals surface area (Å²) in [5.41, 5.74) is 5.02. The van der Waals surface area contributed by atoms with Gasteiger partial charge in [-0.15, -0.1) is 0 Å². The van der Waals surface area contributed by atoms with Crippen molar-refractivity contribution in [2.45, 2.75) is 83.5 Å². The minimum absolute atomic E-state index is 0. The molecule has 3 aromatic heterocycles. The van der Waals surface area contributed by atoms with Crippen molar-refractivity contribution < 1.29 is 29.0 Å². The molecule has 0 spiro atoms. The number of carbonyl (C=O) groups excluding carboxylic acids is 2. The van der Waals surface area contributed by atoms with Gasteiger partial charge in [0.15, 0.2) is 6.29 Å². The van der Waals surface area contributed by atoms with Gasteiger partial charge >= 0.3 is 18.0 Å². The molecular formula is C32H42N6O6. The van der Waals surface area contributed by atoms with E-state index >= 15 is 0 Å². The van der Waals surface area contributed by atoms with Gasteiger partial charge in [0, 0.05) is 55.8 Å². The number of rotatable bonds is 14. The third-order valence-corrected chi connectivity index (χ3v) is 7.43. The van der Waals surface area contributed by atoms with Crippen molar-refractivity contribution in [1.82, 2.24) is 24.9 Å². The number of pyridine rings is 1. The van der Waals surface area contributed by atoms with Crippen LogP contribution < -0.4 is 14.8 Å². The lowest BCUT2D eigenvalue weighted by Gasteiger charge is -2.20. The molecule has 236 valence electrons. The molecule has 0 aromatic carbocycles. The van der Waals surface area contributed by atoms with Crippen molar-refractivity contribution in [2.75, 3.05) is 26.1 Å². The number of ketones is 1. The molecular weight excluding hydrogens is 564 g/mol. The van der Waals surface area contributed by atoms with Crippen LogP contribution >= 0.6 is 0 Å². The van der Waals surface area contributed by atoms with Crippen LogP contribution in [0.15, 0.2) is 30.9 Å². The van der Waals surface area contributed by atoms with E-state index in [2.05, 4.69) is 36.1 Å². The molecule has 12 nitrogen and oxygen atoms in total. The molecule has 0 amide bonds. The summed E-state index contributed by atoms with van der Waals surface area (Å²) >= 11 is 0. The maximum absolute atomic E-state index is 12.6. The van der Waals surface area contributed by atoms with Gasteiger partial charge in [0.1, 0.15) is 11.6 Å². The number of nitrogens with one attached hydrogen (secondary N) is 1. The minimum atomic E-state index is -0.941. The second-order valence-corrected chi connectivity index (χ2v) is 10.7. The number of methoxy groups -OCH3 is 2. The van der Waals surface area contributed by atoms with Crippen LogP contribution in [0.2, 0.25) is 0 Å². The van der Waals surface area contributed by atoms with E-state index < -0.39 is 11.9 Å². The van der Waals surface area contributed by atoms with Gasteiger partial charge in [-0.1, -0.05) is 13.5 Å². The highest BCUT2D eigenvalue weighted by Gasteiger charge is 2.28. The average Bonchev–Trinajstić information content (AvgIpc) is 3.88. The third-order valence-electron chi connectivity index (χ3n) is 7.43. The highest BCUT2D eigenvalue weighted by Crippen LogP contribution is 2.43. The van der Waals surface area contributed by atoms with Crippen LogP contribution in [0.25, 0.3) is 0 Å². The number of hydrogen-bond acceptors (Lipinski definition) is 11. The predicted octanol–water partition coefficient (Wildman–Crippen LogP) is 4.98. The Labute approximate surface area is 258 Å². The molecule has 1 atom stereocenters. The standard InChI is InChI=1S/C25H32N4O4.C6H6N2O2.CH4/c1-33-25-27-14-19(15-28-25)18(13-23(31)32)11-20(30)6-2-3-7-22-21(16-8-9-16)12-17-5-4-10-26-24(17)29-22;1-10-6-7-2-5(4-9)3-8-6;/h12,14-16,18H,2-11,13H2,1H3,(H,26,29)(H,31,32);2-4H,1H3;1H4. The van der Waals surface area contributed by atoms with Gasteiger partial charge in [-0.2, -0.15) is 0 Å². The first-order chi connectivity index (χ1) is 20.9. The molecule has 1 aliphatic carbocycles. The molecule has 2 aliphatic rings. The molecule has 2 N–H and O–H groups in total. The number of aromatic nitrogens is 5. The number of hydrogen-bond donors (Lipinski definition) is 2. The van der Waals surface area contributed by atoms with E-state index in [4.69, 9.17) is 9.72 Å². The number of carboxylic acid groups (broad SMARTS) is 1. The van der Waals surface area contributed by atoms with Crippen LogP contribution in [0.4, 0.5) is 5.82 Å². The molecule has 1 saturated carbocycles. The summed E-state index contributed by atoms with van der Waals surface area (Å²) in [5.74, 6) is 0.387. The molecule has 0 bridgehead atoms. The number of ether oxygens (including phenoxy) is 2. The number of carboxylic acids is 1. The van der Waals surface area contributed by atoms with E-state index in [1.54, 1.807) is 12.4 Å². The van der Waals surface area contributed by atoms with Gasteiger partial charge in [-0.3, -0.25) is 14.4 Å². The number of Topliss-reactive ketones (excluding diaryl/α,β-unsaturated/α-hetero) is 1. The van der Waals surface area contributed by atoms with Crippen LogP contribution in [0.1, 0.15) is 103 Å². The van der Waals surface area contributed by atoms with Gasteiger partial charge in [-0.25, -0.2) is 24.9 Å². The second kappa shape index (κ2) is 17.0. The Morgan fingerprint density at radius 3 is 2.27 bits per heavy atom. The van der Waals surface area contributed by atoms with Crippen molar-refractivity contribution in [1.29, 1.82) is 0 Å². The zero-order valence-corrected chi connectivity index (χ0v) is 24.6. The Morgan fingerprint density at radius 1 is 1.02 bits per heavy atom. The summed E-state index contributed by atoms with van der Waals surface area (Å²) in [5, 5.41) is 12.7. The fraction of sp³-hybridized carbons (Fsp3) is 0.500. The monoisotopic (exact) mass is 606 g/mol. The van der Waals surface area contributed by atoms with E-state index in [9.17, 15) is 19.5 Å². The Morgan fingerprint density at radius 2 is 1.68 bits per heavy atom. The maximum atomic E-state index is 12.6.